The van der Waals surface area contributed by atoms with Gasteiger partial charge >= 0.3 is 5.69 Å². The topological polar surface area (TPSA) is 101 Å². The van der Waals surface area contributed by atoms with Gasteiger partial charge in [0.2, 0.25) is 0 Å². The molecule has 0 fully saturated rings. The second-order valence-corrected chi connectivity index (χ2v) is 7.27. The molecule has 2 aromatic carbocycles. The van der Waals surface area contributed by atoms with Crippen LogP contribution in [0.4, 0.5) is 11.4 Å². The Labute approximate surface area is 133 Å². The lowest BCUT2D eigenvalue weighted by Crippen LogP contribution is -2.29. The van der Waals surface area contributed by atoms with Crippen LogP contribution < -0.4 is 4.31 Å². The molecule has 1 heterocycles. The number of para-hydroxylation sites is 1. The van der Waals surface area contributed by atoms with Gasteiger partial charge in [-0.25, -0.2) is 8.42 Å². The Bertz CT molecular complexity index is 894. The van der Waals surface area contributed by atoms with Crippen molar-refractivity contribution < 1.29 is 18.4 Å². The van der Waals surface area contributed by atoms with Crippen LogP contribution in [-0.4, -0.2) is 25.0 Å². The maximum Gasteiger partial charge on any atom is 0.312 e. The van der Waals surface area contributed by atoms with Gasteiger partial charge < -0.3 is 5.11 Å². The molecule has 1 unspecified atom stereocenters. The van der Waals surface area contributed by atoms with E-state index in [1.807, 2.05) is 19.1 Å². The number of fused-ring (bicyclic) bond motifs is 1. The first-order chi connectivity index (χ1) is 10.8. The monoisotopic (exact) mass is 334 g/mol. The second kappa shape index (κ2) is 5.24. The normalized spacial score (nSPS) is 17.1. The summed E-state index contributed by atoms with van der Waals surface area (Å²) in [5.74, 6) is -0.530. The third-order valence-corrected chi connectivity index (χ3v) is 5.68. The summed E-state index contributed by atoms with van der Waals surface area (Å²) in [6, 6.07) is 10.3. The zero-order valence-corrected chi connectivity index (χ0v) is 13.0. The Hall–Kier alpha value is -2.61. The number of nitro groups is 1. The Morgan fingerprint density at radius 3 is 2.65 bits per heavy atom. The SMILES string of the molecule is CC1CN(S(=O)(=O)c2ccc(O)c([N+](=O)[O-])c2)c2ccccc21. The van der Waals surface area contributed by atoms with Gasteiger partial charge in [-0.2, -0.15) is 0 Å². The highest BCUT2D eigenvalue weighted by molar-refractivity contribution is 7.92. The van der Waals surface area contributed by atoms with Gasteiger partial charge in [-0.3, -0.25) is 14.4 Å². The number of phenols is 1. The third-order valence-electron chi connectivity index (χ3n) is 3.91. The summed E-state index contributed by atoms with van der Waals surface area (Å²) < 4.78 is 27.0. The zero-order valence-electron chi connectivity index (χ0n) is 12.2. The van der Waals surface area contributed by atoms with E-state index < -0.39 is 26.4 Å². The first kappa shape index (κ1) is 15.3. The van der Waals surface area contributed by atoms with E-state index in [4.69, 9.17) is 0 Å². The van der Waals surface area contributed by atoms with Gasteiger partial charge in [0, 0.05) is 18.5 Å². The van der Waals surface area contributed by atoms with Crippen LogP contribution in [0, 0.1) is 10.1 Å². The van der Waals surface area contributed by atoms with Crippen molar-refractivity contribution in [2.24, 2.45) is 0 Å². The van der Waals surface area contributed by atoms with Crippen molar-refractivity contribution in [2.75, 3.05) is 10.8 Å². The minimum Gasteiger partial charge on any atom is -0.502 e. The van der Waals surface area contributed by atoms with E-state index in [2.05, 4.69) is 0 Å². The summed E-state index contributed by atoms with van der Waals surface area (Å²) in [5, 5.41) is 20.4. The molecule has 0 amide bonds. The van der Waals surface area contributed by atoms with Gasteiger partial charge in [-0.1, -0.05) is 25.1 Å². The lowest BCUT2D eigenvalue weighted by atomic mass is 10.0. The van der Waals surface area contributed by atoms with Crippen molar-refractivity contribution in [1.29, 1.82) is 0 Å². The van der Waals surface area contributed by atoms with Crippen LogP contribution in [0.2, 0.25) is 0 Å². The average molecular weight is 334 g/mol. The number of phenolic OH excluding ortho intramolecular Hbond substituents is 1. The first-order valence-electron chi connectivity index (χ1n) is 6.91. The van der Waals surface area contributed by atoms with Gasteiger partial charge in [0.15, 0.2) is 5.75 Å². The fourth-order valence-electron chi connectivity index (χ4n) is 2.74. The van der Waals surface area contributed by atoms with Crippen molar-refractivity contribution >= 4 is 21.4 Å². The number of anilines is 1. The average Bonchev–Trinajstić information content (AvgIpc) is 2.85. The number of hydrogen-bond donors (Lipinski definition) is 1. The fraction of sp³-hybridized carbons (Fsp3) is 0.200. The summed E-state index contributed by atoms with van der Waals surface area (Å²) in [5.41, 5.74) is 0.867. The predicted octanol–water partition coefficient (Wildman–Crippen LogP) is 2.61. The van der Waals surface area contributed by atoms with Crippen LogP contribution in [0.15, 0.2) is 47.4 Å². The maximum absolute atomic E-state index is 12.9. The lowest BCUT2D eigenvalue weighted by molar-refractivity contribution is -0.386. The molecule has 2 aromatic rings. The molecular formula is C15H14N2O5S. The summed E-state index contributed by atoms with van der Waals surface area (Å²) in [7, 11) is -3.94. The van der Waals surface area contributed by atoms with Crippen molar-refractivity contribution in [3.63, 3.8) is 0 Å². The minimum absolute atomic E-state index is 0.0353. The summed E-state index contributed by atoms with van der Waals surface area (Å²) in [4.78, 5) is 9.88. The zero-order chi connectivity index (χ0) is 16.8. The third kappa shape index (κ3) is 2.40. The number of benzene rings is 2. The highest BCUT2D eigenvalue weighted by Gasteiger charge is 2.35. The van der Waals surface area contributed by atoms with E-state index in [0.29, 0.717) is 5.69 Å². The van der Waals surface area contributed by atoms with Crippen molar-refractivity contribution in [2.45, 2.75) is 17.7 Å². The molecule has 0 aromatic heterocycles. The largest absolute Gasteiger partial charge is 0.502 e. The Morgan fingerprint density at radius 2 is 1.96 bits per heavy atom. The van der Waals surface area contributed by atoms with Gasteiger partial charge in [-0.15, -0.1) is 0 Å². The van der Waals surface area contributed by atoms with Gasteiger partial charge in [0.25, 0.3) is 10.0 Å². The Balaban J connectivity index is 2.11. The van der Waals surface area contributed by atoms with Crippen molar-refractivity contribution in [3.8, 4) is 5.75 Å². The van der Waals surface area contributed by atoms with Crippen LogP contribution in [-0.2, 0) is 10.0 Å². The maximum atomic E-state index is 12.9. The van der Waals surface area contributed by atoms with E-state index in [9.17, 15) is 23.6 Å². The predicted molar refractivity (Wildman–Crippen MR) is 84.2 cm³/mol. The Morgan fingerprint density at radius 1 is 1.26 bits per heavy atom. The lowest BCUT2D eigenvalue weighted by Gasteiger charge is -2.19. The van der Waals surface area contributed by atoms with Gasteiger partial charge in [0.1, 0.15) is 0 Å². The Kier molecular flexibility index (Phi) is 3.48. The first-order valence-corrected chi connectivity index (χ1v) is 8.35. The van der Waals surface area contributed by atoms with Crippen molar-refractivity contribution in [1.82, 2.24) is 0 Å². The molecule has 8 heteroatoms. The molecular weight excluding hydrogens is 320 g/mol. The minimum atomic E-state index is -3.94. The fourth-order valence-corrected chi connectivity index (χ4v) is 4.34. The summed E-state index contributed by atoms with van der Waals surface area (Å²) in [6.45, 7) is 2.20. The van der Waals surface area contributed by atoms with Gasteiger partial charge in [0.05, 0.1) is 15.5 Å². The molecule has 0 spiro atoms. The molecule has 1 N–H and O–H groups in total. The number of aromatic hydroxyl groups is 1. The van der Waals surface area contributed by atoms with E-state index >= 15 is 0 Å². The van der Waals surface area contributed by atoms with E-state index in [1.54, 1.807) is 12.1 Å². The molecule has 3 rings (SSSR count). The molecule has 0 saturated carbocycles. The molecule has 1 aliphatic heterocycles. The van der Waals surface area contributed by atoms with Crippen molar-refractivity contribution in [3.05, 3.63) is 58.1 Å². The van der Waals surface area contributed by atoms with E-state index in [1.165, 1.54) is 10.4 Å². The number of nitrogens with zero attached hydrogens (tertiary/aromatic N) is 2. The highest BCUT2D eigenvalue weighted by atomic mass is 32.2. The molecule has 7 nitrogen and oxygen atoms in total. The standard InChI is InChI=1S/C15H14N2O5S/c1-10-9-16(13-5-3-2-4-12(10)13)23(21,22)11-6-7-15(18)14(8-11)17(19)20/h2-8,10,18H,9H2,1H3. The number of nitro benzene ring substituents is 1. The van der Waals surface area contributed by atoms with Crippen LogP contribution in [0.5, 0.6) is 5.75 Å². The highest BCUT2D eigenvalue weighted by Crippen LogP contribution is 2.40. The molecule has 0 bridgehead atoms. The van der Waals surface area contributed by atoms with Crippen LogP contribution in [0.25, 0.3) is 0 Å². The quantitative estimate of drug-likeness (QED) is 0.687. The molecule has 1 aliphatic rings. The van der Waals surface area contributed by atoms with Crippen LogP contribution in [0.1, 0.15) is 18.4 Å². The molecule has 23 heavy (non-hydrogen) atoms. The number of sulfonamides is 1. The van der Waals surface area contributed by atoms with Gasteiger partial charge in [-0.05, 0) is 23.8 Å². The van der Waals surface area contributed by atoms with E-state index in [-0.39, 0.29) is 17.4 Å². The second-order valence-electron chi connectivity index (χ2n) is 5.40. The van der Waals surface area contributed by atoms with E-state index in [0.717, 1.165) is 17.7 Å². The summed E-state index contributed by atoms with van der Waals surface area (Å²) >= 11 is 0. The number of rotatable bonds is 3. The number of hydrogen-bond acceptors (Lipinski definition) is 5. The smallest absolute Gasteiger partial charge is 0.312 e. The molecule has 0 saturated heterocycles. The molecule has 0 radical (unpaired) electrons. The molecule has 0 aliphatic carbocycles. The molecule has 1 atom stereocenters. The van der Waals surface area contributed by atoms with Crippen LogP contribution in [0.3, 0.4) is 0 Å². The molecule has 120 valence electrons. The van der Waals surface area contributed by atoms with Crippen LogP contribution >= 0.6 is 0 Å². The summed E-state index contributed by atoms with van der Waals surface area (Å²) in [6.07, 6.45) is 0.